The summed E-state index contributed by atoms with van der Waals surface area (Å²) in [4.78, 5) is 28.9. The van der Waals surface area contributed by atoms with Gasteiger partial charge in [0.05, 0.1) is 0 Å². The second-order valence-corrected chi connectivity index (χ2v) is 7.83. The van der Waals surface area contributed by atoms with E-state index in [9.17, 15) is 9.59 Å². The molecule has 1 unspecified atom stereocenters. The quantitative estimate of drug-likeness (QED) is 0.772. The maximum atomic E-state index is 13.0. The van der Waals surface area contributed by atoms with Crippen LogP contribution < -0.4 is 0 Å². The Morgan fingerprint density at radius 1 is 1.12 bits per heavy atom. The van der Waals surface area contributed by atoms with E-state index in [-0.39, 0.29) is 17.6 Å². The minimum atomic E-state index is 0.0689. The average molecular weight is 363 g/mol. The van der Waals surface area contributed by atoms with Crippen LogP contribution in [0.1, 0.15) is 48.5 Å². The maximum absolute atomic E-state index is 13.0. The van der Waals surface area contributed by atoms with Gasteiger partial charge in [0.1, 0.15) is 0 Å². The van der Waals surface area contributed by atoms with Crippen molar-refractivity contribution in [3.8, 4) is 0 Å². The topological polar surface area (TPSA) is 40.6 Å². The van der Waals surface area contributed by atoms with Crippen LogP contribution in [0, 0.1) is 12.8 Å². The van der Waals surface area contributed by atoms with E-state index in [0.717, 1.165) is 63.0 Å². The molecule has 2 aliphatic rings. The fourth-order valence-electron chi connectivity index (χ4n) is 4.22. The van der Waals surface area contributed by atoms with Crippen LogP contribution in [-0.4, -0.2) is 53.7 Å². The maximum Gasteiger partial charge on any atom is 0.219 e. The van der Waals surface area contributed by atoms with Gasteiger partial charge in [0, 0.05) is 49.1 Å². The molecular formula is C20H27ClN2O2. The minimum absolute atomic E-state index is 0.0689. The first-order valence-electron chi connectivity index (χ1n) is 9.25. The third-order valence-corrected chi connectivity index (χ3v) is 5.94. The van der Waals surface area contributed by atoms with Crippen LogP contribution in [-0.2, 0) is 4.79 Å². The highest BCUT2D eigenvalue weighted by Gasteiger charge is 2.32. The number of piperidine rings is 2. The number of halogens is 1. The first-order valence-corrected chi connectivity index (χ1v) is 9.63. The molecule has 0 saturated carbocycles. The fourth-order valence-corrected chi connectivity index (χ4v) is 4.45. The van der Waals surface area contributed by atoms with Crippen LogP contribution in [0.15, 0.2) is 18.2 Å². The average Bonchev–Trinajstić information content (AvgIpc) is 2.61. The highest BCUT2D eigenvalue weighted by atomic mass is 35.5. The number of nitrogens with zero attached hydrogens (tertiary/aromatic N) is 2. The van der Waals surface area contributed by atoms with Crippen molar-refractivity contribution in [3.63, 3.8) is 0 Å². The molecule has 0 radical (unpaired) electrons. The van der Waals surface area contributed by atoms with E-state index in [2.05, 4.69) is 4.90 Å². The zero-order chi connectivity index (χ0) is 18.0. The van der Waals surface area contributed by atoms with E-state index in [1.54, 1.807) is 13.0 Å². The van der Waals surface area contributed by atoms with E-state index in [0.29, 0.717) is 11.1 Å². The monoisotopic (exact) mass is 362 g/mol. The molecule has 1 aromatic rings. The van der Waals surface area contributed by atoms with Crippen molar-refractivity contribution < 1.29 is 9.59 Å². The predicted octanol–water partition coefficient (Wildman–Crippen LogP) is 3.55. The molecule has 2 fully saturated rings. The number of benzene rings is 1. The van der Waals surface area contributed by atoms with Gasteiger partial charge in [0.25, 0.3) is 0 Å². The van der Waals surface area contributed by atoms with Gasteiger partial charge in [0.2, 0.25) is 5.91 Å². The summed E-state index contributed by atoms with van der Waals surface area (Å²) in [5, 5.41) is 0.677. The number of hydrogen-bond acceptors (Lipinski definition) is 3. The van der Waals surface area contributed by atoms with Crippen molar-refractivity contribution in [1.29, 1.82) is 0 Å². The number of hydrogen-bond donors (Lipinski definition) is 0. The standard InChI is InChI=1S/C20H27ClN2O2/c1-14-12-17(21)5-6-19(14)20(25)16-4-3-9-23(13-16)18-7-10-22(11-8-18)15(2)24/h5-6,12,16,18H,3-4,7-11,13H2,1-2H3. The molecule has 1 atom stereocenters. The fraction of sp³-hybridized carbons (Fsp3) is 0.600. The zero-order valence-corrected chi connectivity index (χ0v) is 15.9. The smallest absolute Gasteiger partial charge is 0.219 e. The summed E-state index contributed by atoms with van der Waals surface area (Å²) in [6.07, 6.45) is 4.06. The summed E-state index contributed by atoms with van der Waals surface area (Å²) < 4.78 is 0. The van der Waals surface area contributed by atoms with E-state index >= 15 is 0 Å². The molecule has 0 N–H and O–H groups in total. The van der Waals surface area contributed by atoms with Crippen LogP contribution in [0.25, 0.3) is 0 Å². The Labute approximate surface area is 155 Å². The van der Waals surface area contributed by atoms with Gasteiger partial charge >= 0.3 is 0 Å². The van der Waals surface area contributed by atoms with Crippen LogP contribution in [0.2, 0.25) is 5.02 Å². The van der Waals surface area contributed by atoms with Crippen LogP contribution in [0.5, 0.6) is 0 Å². The molecule has 1 aromatic carbocycles. The second-order valence-electron chi connectivity index (χ2n) is 7.39. The Bertz CT molecular complexity index is 653. The molecule has 2 heterocycles. The number of amides is 1. The number of carbonyl (C=O) groups excluding carboxylic acids is 2. The van der Waals surface area contributed by atoms with Gasteiger partial charge in [0.15, 0.2) is 5.78 Å². The summed E-state index contributed by atoms with van der Waals surface area (Å²) in [5.74, 6) is 0.489. The SMILES string of the molecule is CC(=O)N1CCC(N2CCCC(C(=O)c3ccc(Cl)cc3C)C2)CC1. The van der Waals surface area contributed by atoms with Crippen molar-refractivity contribution in [3.05, 3.63) is 34.3 Å². The molecule has 4 nitrogen and oxygen atoms in total. The van der Waals surface area contributed by atoms with Gasteiger partial charge in [-0.2, -0.15) is 0 Å². The molecular weight excluding hydrogens is 336 g/mol. The van der Waals surface area contributed by atoms with E-state index in [1.807, 2.05) is 24.0 Å². The van der Waals surface area contributed by atoms with Crippen LogP contribution in [0.4, 0.5) is 0 Å². The lowest BCUT2D eigenvalue weighted by Gasteiger charge is -2.42. The third-order valence-electron chi connectivity index (χ3n) is 5.70. The molecule has 1 amide bonds. The molecule has 0 aliphatic carbocycles. The van der Waals surface area contributed by atoms with E-state index in [1.165, 1.54) is 0 Å². The number of ketones is 1. The Morgan fingerprint density at radius 2 is 1.84 bits per heavy atom. The number of aryl methyl sites for hydroxylation is 1. The molecule has 0 spiro atoms. The van der Waals surface area contributed by atoms with Gasteiger partial charge in [-0.1, -0.05) is 11.6 Å². The summed E-state index contributed by atoms with van der Waals surface area (Å²) in [5.41, 5.74) is 1.77. The molecule has 2 saturated heterocycles. The lowest BCUT2D eigenvalue weighted by Crippen LogP contribution is -2.50. The predicted molar refractivity (Wildman–Crippen MR) is 100 cm³/mol. The Kier molecular flexibility index (Phi) is 5.80. The van der Waals surface area contributed by atoms with E-state index < -0.39 is 0 Å². The van der Waals surface area contributed by atoms with Crippen molar-refractivity contribution in [2.75, 3.05) is 26.2 Å². The van der Waals surface area contributed by atoms with Gasteiger partial charge < -0.3 is 4.90 Å². The summed E-state index contributed by atoms with van der Waals surface area (Å²) in [6.45, 7) is 7.18. The van der Waals surface area contributed by atoms with Gasteiger partial charge in [-0.25, -0.2) is 0 Å². The number of Topliss-reactive ketones (excluding diaryl/α,β-unsaturated/α-hetero) is 1. The first kappa shape index (κ1) is 18.4. The molecule has 2 aliphatic heterocycles. The van der Waals surface area contributed by atoms with E-state index in [4.69, 9.17) is 11.6 Å². The van der Waals surface area contributed by atoms with Gasteiger partial charge in [-0.15, -0.1) is 0 Å². The summed E-state index contributed by atoms with van der Waals surface area (Å²) in [7, 11) is 0. The zero-order valence-electron chi connectivity index (χ0n) is 15.1. The Hall–Kier alpha value is -1.39. The van der Waals surface area contributed by atoms with Crippen molar-refractivity contribution >= 4 is 23.3 Å². The number of rotatable bonds is 3. The normalized spacial score (nSPS) is 22.8. The highest BCUT2D eigenvalue weighted by Crippen LogP contribution is 2.27. The molecule has 0 bridgehead atoms. The highest BCUT2D eigenvalue weighted by molar-refractivity contribution is 6.30. The molecule has 136 valence electrons. The van der Waals surface area contributed by atoms with Crippen LogP contribution >= 0.6 is 11.6 Å². The lowest BCUT2D eigenvalue weighted by molar-refractivity contribution is -0.130. The number of likely N-dealkylation sites (tertiary alicyclic amines) is 2. The Morgan fingerprint density at radius 3 is 2.48 bits per heavy atom. The van der Waals surface area contributed by atoms with Crippen molar-refractivity contribution in [2.24, 2.45) is 5.92 Å². The molecule has 0 aromatic heterocycles. The molecule has 25 heavy (non-hydrogen) atoms. The summed E-state index contributed by atoms with van der Waals surface area (Å²) >= 11 is 6.02. The van der Waals surface area contributed by atoms with Crippen LogP contribution in [0.3, 0.4) is 0 Å². The Balaban J connectivity index is 1.63. The molecule has 5 heteroatoms. The lowest BCUT2D eigenvalue weighted by atomic mass is 9.87. The first-order chi connectivity index (χ1) is 12.0. The van der Waals surface area contributed by atoms with Gasteiger partial charge in [-0.05, 0) is 62.9 Å². The largest absolute Gasteiger partial charge is 0.343 e. The summed E-state index contributed by atoms with van der Waals surface area (Å²) in [6, 6.07) is 6.04. The van der Waals surface area contributed by atoms with Gasteiger partial charge in [-0.3, -0.25) is 14.5 Å². The second kappa shape index (κ2) is 7.88. The minimum Gasteiger partial charge on any atom is -0.343 e. The van der Waals surface area contributed by atoms with Crippen molar-refractivity contribution in [1.82, 2.24) is 9.80 Å². The van der Waals surface area contributed by atoms with Crippen molar-refractivity contribution in [2.45, 2.75) is 45.6 Å². The third kappa shape index (κ3) is 4.24. The number of carbonyl (C=O) groups is 2. The molecule has 3 rings (SSSR count).